The molecule has 2 aromatic rings. The summed E-state index contributed by atoms with van der Waals surface area (Å²) in [6.45, 7) is 2.28. The Bertz CT molecular complexity index is 862. The molecule has 29 heavy (non-hydrogen) atoms. The van der Waals surface area contributed by atoms with E-state index in [1.807, 2.05) is 31.2 Å². The van der Waals surface area contributed by atoms with Crippen molar-refractivity contribution in [3.63, 3.8) is 0 Å². The van der Waals surface area contributed by atoms with Crippen molar-refractivity contribution in [1.82, 2.24) is 10.6 Å². The van der Waals surface area contributed by atoms with Crippen molar-refractivity contribution in [3.05, 3.63) is 64.7 Å². The predicted octanol–water partition coefficient (Wildman–Crippen LogP) is 2.11. The topological polar surface area (TPSA) is 105 Å². The third kappa shape index (κ3) is 7.29. The summed E-state index contributed by atoms with van der Waals surface area (Å²) < 4.78 is 5.21. The number of hydrogen-bond donors (Lipinski definition) is 3. The quantitative estimate of drug-likeness (QED) is 0.569. The number of benzene rings is 2. The summed E-state index contributed by atoms with van der Waals surface area (Å²) in [6, 6.07) is 12.6. The maximum absolute atomic E-state index is 11.9. The van der Waals surface area contributed by atoms with Crippen molar-refractivity contribution < 1.29 is 24.2 Å². The number of ether oxygens (including phenoxy) is 1. The Morgan fingerprint density at radius 3 is 2.34 bits per heavy atom. The molecule has 0 fully saturated rings. The molecule has 0 unspecified atom stereocenters. The van der Waals surface area contributed by atoms with Gasteiger partial charge in [-0.15, -0.1) is 0 Å². The number of hydrogen-bond acceptors (Lipinski definition) is 4. The van der Waals surface area contributed by atoms with Crippen molar-refractivity contribution in [2.75, 3.05) is 20.2 Å². The largest absolute Gasteiger partial charge is 0.496 e. The minimum atomic E-state index is -1.03. The van der Waals surface area contributed by atoms with E-state index in [4.69, 9.17) is 9.84 Å². The molecule has 7 nitrogen and oxygen atoms in total. The first-order valence-corrected chi connectivity index (χ1v) is 9.38. The normalized spacial score (nSPS) is 10.3. The molecular formula is C22H26N2O5. The molecule has 0 spiro atoms. The van der Waals surface area contributed by atoms with Crippen LogP contribution in [-0.2, 0) is 22.4 Å². The van der Waals surface area contributed by atoms with Gasteiger partial charge in [-0.05, 0) is 43.0 Å². The van der Waals surface area contributed by atoms with Gasteiger partial charge in [-0.25, -0.2) is 4.79 Å². The van der Waals surface area contributed by atoms with Crippen LogP contribution in [0.4, 0.5) is 0 Å². The van der Waals surface area contributed by atoms with Gasteiger partial charge < -0.3 is 20.5 Å². The second-order valence-corrected chi connectivity index (χ2v) is 6.69. The Kier molecular flexibility index (Phi) is 8.21. The fourth-order valence-electron chi connectivity index (χ4n) is 2.76. The van der Waals surface area contributed by atoms with Gasteiger partial charge in [0.15, 0.2) is 0 Å². The Morgan fingerprint density at radius 1 is 0.966 bits per heavy atom. The molecule has 0 bridgehead atoms. The van der Waals surface area contributed by atoms with Gasteiger partial charge in [-0.3, -0.25) is 9.59 Å². The lowest BCUT2D eigenvalue weighted by molar-refractivity contribution is -0.126. The van der Waals surface area contributed by atoms with E-state index in [0.29, 0.717) is 31.6 Å². The molecule has 0 aliphatic rings. The average Bonchev–Trinajstić information content (AvgIpc) is 2.71. The van der Waals surface area contributed by atoms with E-state index in [1.165, 1.54) is 24.8 Å². The molecule has 0 aliphatic carbocycles. The summed E-state index contributed by atoms with van der Waals surface area (Å²) in [7, 11) is 1.47. The minimum absolute atomic E-state index is 0.0815. The molecule has 2 rings (SSSR count). The van der Waals surface area contributed by atoms with E-state index in [1.54, 1.807) is 6.07 Å². The Labute approximate surface area is 170 Å². The molecule has 0 atom stereocenters. The number of carbonyl (C=O) groups is 3. The first-order chi connectivity index (χ1) is 13.9. The number of carboxylic acids is 1. The molecule has 7 heteroatoms. The number of rotatable bonds is 10. The molecule has 2 amide bonds. The Morgan fingerprint density at radius 2 is 1.69 bits per heavy atom. The molecule has 0 saturated carbocycles. The smallest absolute Gasteiger partial charge is 0.335 e. The average molecular weight is 398 g/mol. The van der Waals surface area contributed by atoms with Crippen molar-refractivity contribution >= 4 is 17.8 Å². The molecular weight excluding hydrogens is 372 g/mol. The summed E-state index contributed by atoms with van der Waals surface area (Å²) in [5, 5.41) is 14.4. The summed E-state index contributed by atoms with van der Waals surface area (Å²) in [5.41, 5.74) is 3.19. The maximum Gasteiger partial charge on any atom is 0.335 e. The van der Waals surface area contributed by atoms with Crippen LogP contribution in [0.5, 0.6) is 5.75 Å². The number of amides is 2. The Balaban J connectivity index is 1.69. The van der Waals surface area contributed by atoms with Crippen molar-refractivity contribution in [3.8, 4) is 5.75 Å². The lowest BCUT2D eigenvalue weighted by Crippen LogP contribution is -2.37. The van der Waals surface area contributed by atoms with Crippen LogP contribution in [0.25, 0.3) is 0 Å². The molecule has 0 aliphatic heterocycles. The van der Waals surface area contributed by atoms with E-state index in [9.17, 15) is 14.4 Å². The number of aryl methyl sites for hydroxylation is 2. The number of nitrogens with one attached hydrogen (secondary N) is 2. The molecule has 0 aromatic heterocycles. The maximum atomic E-state index is 11.9. The van der Waals surface area contributed by atoms with Gasteiger partial charge in [0.05, 0.1) is 19.2 Å². The lowest BCUT2D eigenvalue weighted by Gasteiger charge is -2.11. The SMILES string of the molecule is COc1cc(C(=O)O)ccc1CCNC(=O)CNC(=O)CCc1ccc(C)cc1. The summed E-state index contributed by atoms with van der Waals surface area (Å²) in [6.07, 6.45) is 1.43. The van der Waals surface area contributed by atoms with Gasteiger partial charge in [-0.1, -0.05) is 35.9 Å². The monoisotopic (exact) mass is 398 g/mol. The highest BCUT2D eigenvalue weighted by atomic mass is 16.5. The molecule has 0 heterocycles. The Hall–Kier alpha value is -3.35. The predicted molar refractivity (Wildman–Crippen MR) is 109 cm³/mol. The summed E-state index contributed by atoms with van der Waals surface area (Å²) in [5.74, 6) is -1.02. The van der Waals surface area contributed by atoms with Gasteiger partial charge in [0.2, 0.25) is 11.8 Å². The van der Waals surface area contributed by atoms with E-state index >= 15 is 0 Å². The van der Waals surface area contributed by atoms with Crippen molar-refractivity contribution in [2.45, 2.75) is 26.2 Å². The highest BCUT2D eigenvalue weighted by Gasteiger charge is 2.10. The highest BCUT2D eigenvalue weighted by Crippen LogP contribution is 2.20. The third-order valence-electron chi connectivity index (χ3n) is 4.46. The van der Waals surface area contributed by atoms with Crippen LogP contribution in [0, 0.1) is 6.92 Å². The van der Waals surface area contributed by atoms with E-state index in [-0.39, 0.29) is 23.9 Å². The van der Waals surface area contributed by atoms with Gasteiger partial charge >= 0.3 is 5.97 Å². The van der Waals surface area contributed by atoms with Crippen LogP contribution in [-0.4, -0.2) is 43.1 Å². The van der Waals surface area contributed by atoms with E-state index in [0.717, 1.165) is 11.1 Å². The number of methoxy groups -OCH3 is 1. The minimum Gasteiger partial charge on any atom is -0.496 e. The highest BCUT2D eigenvalue weighted by molar-refractivity contribution is 5.88. The molecule has 0 radical (unpaired) electrons. The fourth-order valence-corrected chi connectivity index (χ4v) is 2.76. The summed E-state index contributed by atoms with van der Waals surface area (Å²) in [4.78, 5) is 34.8. The van der Waals surface area contributed by atoms with Crippen LogP contribution >= 0.6 is 0 Å². The molecule has 2 aromatic carbocycles. The number of carboxylic acid groups (broad SMARTS) is 1. The van der Waals surface area contributed by atoms with Crippen LogP contribution in [0.3, 0.4) is 0 Å². The van der Waals surface area contributed by atoms with Crippen LogP contribution in [0.15, 0.2) is 42.5 Å². The molecule has 154 valence electrons. The first-order valence-electron chi connectivity index (χ1n) is 9.38. The van der Waals surface area contributed by atoms with E-state index in [2.05, 4.69) is 10.6 Å². The lowest BCUT2D eigenvalue weighted by atomic mass is 10.1. The second kappa shape index (κ2) is 10.8. The zero-order chi connectivity index (χ0) is 21.2. The van der Waals surface area contributed by atoms with Gasteiger partial charge in [-0.2, -0.15) is 0 Å². The van der Waals surface area contributed by atoms with Crippen molar-refractivity contribution in [2.24, 2.45) is 0 Å². The fraction of sp³-hybridized carbons (Fsp3) is 0.318. The molecule has 0 saturated heterocycles. The van der Waals surface area contributed by atoms with Crippen LogP contribution in [0.1, 0.15) is 33.5 Å². The number of aromatic carboxylic acids is 1. The van der Waals surface area contributed by atoms with Gasteiger partial charge in [0.1, 0.15) is 5.75 Å². The third-order valence-corrected chi connectivity index (χ3v) is 4.46. The van der Waals surface area contributed by atoms with Crippen LogP contribution < -0.4 is 15.4 Å². The zero-order valence-corrected chi connectivity index (χ0v) is 16.7. The van der Waals surface area contributed by atoms with Crippen LogP contribution in [0.2, 0.25) is 0 Å². The zero-order valence-electron chi connectivity index (χ0n) is 16.7. The first kappa shape index (κ1) is 21.9. The van der Waals surface area contributed by atoms with Crippen molar-refractivity contribution in [1.29, 1.82) is 0 Å². The van der Waals surface area contributed by atoms with Gasteiger partial charge in [0.25, 0.3) is 0 Å². The molecule has 3 N–H and O–H groups in total. The summed E-state index contributed by atoms with van der Waals surface area (Å²) >= 11 is 0. The van der Waals surface area contributed by atoms with E-state index < -0.39 is 5.97 Å². The van der Waals surface area contributed by atoms with Gasteiger partial charge in [0, 0.05) is 13.0 Å². The standard InChI is InChI=1S/C22H26N2O5/c1-15-3-5-16(6-4-15)7-10-20(25)24-14-21(26)23-12-11-17-8-9-18(22(27)28)13-19(17)29-2/h3-6,8-9,13H,7,10-12,14H2,1-2H3,(H,23,26)(H,24,25)(H,27,28). The number of carbonyl (C=O) groups excluding carboxylic acids is 2. The second-order valence-electron chi connectivity index (χ2n) is 6.69.